The quantitative estimate of drug-likeness (QED) is 0.809. The van der Waals surface area contributed by atoms with Crippen molar-refractivity contribution >= 4 is 33.2 Å². The maximum atomic E-state index is 6.09. The molecule has 1 aromatic carbocycles. The van der Waals surface area contributed by atoms with E-state index in [0.29, 0.717) is 0 Å². The summed E-state index contributed by atoms with van der Waals surface area (Å²) in [6.07, 6.45) is 2.09. The van der Waals surface area contributed by atoms with E-state index in [1.807, 2.05) is 18.2 Å². The largest absolute Gasteiger partial charge is 0.319 e. The summed E-state index contributed by atoms with van der Waals surface area (Å²) in [4.78, 5) is 4.52. The smallest absolute Gasteiger partial charge is 0.114 e. The molecule has 1 heterocycles. The third-order valence-electron chi connectivity index (χ3n) is 2.58. The minimum Gasteiger partial charge on any atom is -0.319 e. The number of thiazole rings is 1. The second kappa shape index (κ2) is 2.69. The van der Waals surface area contributed by atoms with Gasteiger partial charge in [-0.1, -0.05) is 17.7 Å². The van der Waals surface area contributed by atoms with Crippen LogP contribution in [-0.2, 0) is 5.54 Å². The molecular weight excluding hydrogens is 216 g/mol. The fraction of sp³-hybridized carbons (Fsp3) is 0.300. The van der Waals surface area contributed by atoms with Crippen molar-refractivity contribution in [1.29, 1.82) is 0 Å². The van der Waals surface area contributed by atoms with Crippen LogP contribution >= 0.6 is 22.9 Å². The molecule has 0 saturated heterocycles. The van der Waals surface area contributed by atoms with Gasteiger partial charge in [0.1, 0.15) is 5.01 Å². The number of fused-ring (bicyclic) bond motifs is 1. The minimum absolute atomic E-state index is 0.146. The molecule has 14 heavy (non-hydrogen) atoms. The topological polar surface area (TPSA) is 38.9 Å². The van der Waals surface area contributed by atoms with E-state index in [2.05, 4.69) is 4.98 Å². The van der Waals surface area contributed by atoms with Gasteiger partial charge in [0.15, 0.2) is 0 Å². The highest BCUT2D eigenvalue weighted by Gasteiger charge is 2.43. The van der Waals surface area contributed by atoms with E-state index >= 15 is 0 Å². The van der Waals surface area contributed by atoms with Gasteiger partial charge < -0.3 is 5.73 Å². The number of nitrogens with two attached hydrogens (primary N) is 1. The lowest BCUT2D eigenvalue weighted by atomic mass is 10.3. The van der Waals surface area contributed by atoms with Crippen molar-refractivity contribution in [3.8, 4) is 0 Å². The van der Waals surface area contributed by atoms with Crippen LogP contribution in [0.25, 0.3) is 10.2 Å². The maximum Gasteiger partial charge on any atom is 0.114 e. The van der Waals surface area contributed by atoms with Crippen LogP contribution in [0.1, 0.15) is 17.8 Å². The van der Waals surface area contributed by atoms with Crippen LogP contribution in [0.15, 0.2) is 18.2 Å². The van der Waals surface area contributed by atoms with Crippen molar-refractivity contribution in [2.24, 2.45) is 5.73 Å². The summed E-state index contributed by atoms with van der Waals surface area (Å²) < 4.78 is 1.06. The monoisotopic (exact) mass is 224 g/mol. The van der Waals surface area contributed by atoms with Gasteiger partial charge in [-0.15, -0.1) is 11.3 Å². The average molecular weight is 225 g/mol. The van der Waals surface area contributed by atoms with Gasteiger partial charge in [0, 0.05) is 0 Å². The van der Waals surface area contributed by atoms with Gasteiger partial charge >= 0.3 is 0 Å². The second-order valence-corrected chi connectivity index (χ2v) is 5.17. The van der Waals surface area contributed by atoms with E-state index in [4.69, 9.17) is 17.3 Å². The van der Waals surface area contributed by atoms with Crippen LogP contribution in [0, 0.1) is 0 Å². The highest BCUT2D eigenvalue weighted by atomic mass is 35.5. The molecule has 4 heteroatoms. The van der Waals surface area contributed by atoms with Gasteiger partial charge in [0.2, 0.25) is 0 Å². The van der Waals surface area contributed by atoms with Gasteiger partial charge in [0.25, 0.3) is 0 Å². The summed E-state index contributed by atoms with van der Waals surface area (Å²) in [6.45, 7) is 0. The van der Waals surface area contributed by atoms with Crippen LogP contribution in [0.5, 0.6) is 0 Å². The van der Waals surface area contributed by atoms with Crippen molar-refractivity contribution in [2.75, 3.05) is 0 Å². The molecule has 2 aromatic rings. The van der Waals surface area contributed by atoms with Crippen molar-refractivity contribution in [2.45, 2.75) is 18.4 Å². The Bertz CT molecular complexity index is 502. The van der Waals surface area contributed by atoms with Crippen LogP contribution in [0.2, 0.25) is 5.02 Å². The predicted molar refractivity (Wildman–Crippen MR) is 59.7 cm³/mol. The molecule has 2 nitrogen and oxygen atoms in total. The Balaban J connectivity index is 2.25. The van der Waals surface area contributed by atoms with E-state index < -0.39 is 0 Å². The Morgan fingerprint density at radius 3 is 2.86 bits per heavy atom. The summed E-state index contributed by atoms with van der Waals surface area (Å²) in [7, 11) is 0. The fourth-order valence-corrected chi connectivity index (χ4v) is 2.89. The number of nitrogens with zero attached hydrogens (tertiary/aromatic N) is 1. The molecule has 1 fully saturated rings. The molecular formula is C10H9ClN2S. The first-order valence-corrected chi connectivity index (χ1v) is 5.73. The molecule has 1 aromatic heterocycles. The summed E-state index contributed by atoms with van der Waals surface area (Å²) in [5.74, 6) is 0. The van der Waals surface area contributed by atoms with Gasteiger partial charge in [-0.3, -0.25) is 0 Å². The van der Waals surface area contributed by atoms with E-state index in [9.17, 15) is 0 Å². The molecule has 1 aliphatic carbocycles. The molecule has 0 aliphatic heterocycles. The standard InChI is InChI=1S/C10H9ClN2S/c11-6-2-1-3-7-8(6)14-9(13-7)10(12)4-5-10/h1-3H,4-5,12H2. The number of halogens is 1. The highest BCUT2D eigenvalue weighted by molar-refractivity contribution is 7.19. The summed E-state index contributed by atoms with van der Waals surface area (Å²) in [6, 6.07) is 5.79. The SMILES string of the molecule is NC1(c2nc3cccc(Cl)c3s2)CC1. The normalized spacial score (nSPS) is 18.7. The Morgan fingerprint density at radius 1 is 1.43 bits per heavy atom. The highest BCUT2D eigenvalue weighted by Crippen LogP contribution is 2.46. The first-order valence-electron chi connectivity index (χ1n) is 4.53. The number of rotatable bonds is 1. The van der Waals surface area contributed by atoms with Crippen molar-refractivity contribution in [1.82, 2.24) is 4.98 Å². The molecule has 0 bridgehead atoms. The summed E-state index contributed by atoms with van der Waals surface area (Å²) >= 11 is 7.70. The molecule has 2 N–H and O–H groups in total. The first-order chi connectivity index (χ1) is 6.69. The Kier molecular flexibility index (Phi) is 1.66. The molecule has 0 radical (unpaired) electrons. The van der Waals surface area contributed by atoms with Crippen LogP contribution in [0.3, 0.4) is 0 Å². The van der Waals surface area contributed by atoms with E-state index in [1.165, 1.54) is 0 Å². The lowest BCUT2D eigenvalue weighted by Crippen LogP contribution is -2.17. The van der Waals surface area contributed by atoms with E-state index in [0.717, 1.165) is 33.1 Å². The fourth-order valence-electron chi connectivity index (χ4n) is 1.48. The third-order valence-corrected chi connectivity index (χ3v) is 4.33. The molecule has 1 saturated carbocycles. The van der Waals surface area contributed by atoms with Crippen LogP contribution in [0.4, 0.5) is 0 Å². The van der Waals surface area contributed by atoms with Crippen molar-refractivity contribution in [3.63, 3.8) is 0 Å². The molecule has 1 aliphatic rings. The van der Waals surface area contributed by atoms with E-state index in [-0.39, 0.29) is 5.54 Å². The van der Waals surface area contributed by atoms with Gasteiger partial charge in [0.05, 0.1) is 20.8 Å². The lowest BCUT2D eigenvalue weighted by Gasteiger charge is -2.00. The summed E-state index contributed by atoms with van der Waals surface area (Å²) in [5, 5.41) is 1.80. The molecule has 0 unspecified atom stereocenters. The van der Waals surface area contributed by atoms with E-state index in [1.54, 1.807) is 11.3 Å². The lowest BCUT2D eigenvalue weighted by molar-refractivity contribution is 0.734. The van der Waals surface area contributed by atoms with Gasteiger partial charge in [-0.25, -0.2) is 4.98 Å². The zero-order valence-corrected chi connectivity index (χ0v) is 9.03. The average Bonchev–Trinajstić information content (AvgIpc) is 2.77. The Morgan fingerprint density at radius 2 is 2.21 bits per heavy atom. The van der Waals surface area contributed by atoms with Gasteiger partial charge in [-0.05, 0) is 25.0 Å². The number of benzene rings is 1. The van der Waals surface area contributed by atoms with Crippen LogP contribution < -0.4 is 5.73 Å². The molecule has 3 rings (SSSR count). The maximum absolute atomic E-state index is 6.09. The Labute approximate surface area is 90.7 Å². The van der Waals surface area contributed by atoms with Crippen molar-refractivity contribution in [3.05, 3.63) is 28.2 Å². The summed E-state index contributed by atoms with van der Waals surface area (Å²) in [5.41, 5.74) is 6.91. The minimum atomic E-state index is -0.146. The zero-order chi connectivity index (χ0) is 9.76. The van der Waals surface area contributed by atoms with Gasteiger partial charge in [-0.2, -0.15) is 0 Å². The molecule has 72 valence electrons. The number of hydrogen-bond donors (Lipinski definition) is 1. The second-order valence-electron chi connectivity index (χ2n) is 3.76. The van der Waals surface area contributed by atoms with Crippen molar-refractivity contribution < 1.29 is 0 Å². The number of aromatic nitrogens is 1. The predicted octanol–water partition coefficient (Wildman–Crippen LogP) is 2.90. The Hall–Kier alpha value is -0.640. The third kappa shape index (κ3) is 1.16. The molecule has 0 atom stereocenters. The number of hydrogen-bond acceptors (Lipinski definition) is 3. The first kappa shape index (κ1) is 8.65. The van der Waals surface area contributed by atoms with Crippen LogP contribution in [-0.4, -0.2) is 4.98 Å². The molecule has 0 spiro atoms. The zero-order valence-electron chi connectivity index (χ0n) is 7.46. The molecule has 0 amide bonds.